The van der Waals surface area contributed by atoms with Crippen LogP contribution < -0.4 is 11.1 Å². The molecule has 5 heteroatoms. The molecule has 1 aliphatic rings. The van der Waals surface area contributed by atoms with Crippen molar-refractivity contribution in [2.45, 2.75) is 6.18 Å². The summed E-state index contributed by atoms with van der Waals surface area (Å²) in [5.41, 5.74) is 4.20. The van der Waals surface area contributed by atoms with Gasteiger partial charge in [-0.1, -0.05) is 0 Å². The van der Waals surface area contributed by atoms with Crippen molar-refractivity contribution in [2.24, 2.45) is 5.73 Å². The van der Waals surface area contributed by atoms with Crippen LogP contribution in [0.25, 0.3) is 0 Å². The zero-order valence-electron chi connectivity index (χ0n) is 5.44. The Kier molecular flexibility index (Phi) is 1.90. The zero-order valence-corrected chi connectivity index (χ0v) is 5.44. The number of alkyl halides is 3. The number of nitrogens with two attached hydrogens (primary N) is 1. The highest BCUT2D eigenvalue weighted by Crippen LogP contribution is 2.30. The highest BCUT2D eigenvalue weighted by Gasteiger charge is 2.38. The lowest BCUT2D eigenvalue weighted by Crippen LogP contribution is -2.34. The summed E-state index contributed by atoms with van der Waals surface area (Å²) in [6.45, 7) is 0. The maximum atomic E-state index is 11.9. The normalized spacial score (nSPS) is 19.5. The molecule has 0 aromatic heterocycles. The van der Waals surface area contributed by atoms with Crippen LogP contribution in [0.15, 0.2) is 23.9 Å². The molecule has 0 saturated carbocycles. The molecule has 3 N–H and O–H groups in total. The van der Waals surface area contributed by atoms with Crippen LogP contribution in [0, 0.1) is 6.17 Å². The van der Waals surface area contributed by atoms with Gasteiger partial charge in [-0.3, -0.25) is 0 Å². The summed E-state index contributed by atoms with van der Waals surface area (Å²) in [5, 5.41) is 2.26. The van der Waals surface area contributed by atoms with E-state index in [0.717, 1.165) is 6.08 Å². The molecule has 0 unspecified atom stereocenters. The number of nitrogens with one attached hydrogen (secondary N) is 1. The highest BCUT2D eigenvalue weighted by molar-refractivity contribution is 5.33. The highest BCUT2D eigenvalue weighted by atomic mass is 19.4. The minimum Gasteiger partial charge on any atom is -0.366 e. The maximum Gasteiger partial charge on any atom is 0.416 e. The van der Waals surface area contributed by atoms with E-state index in [4.69, 9.17) is 5.73 Å². The fourth-order valence-corrected chi connectivity index (χ4v) is 0.697. The second-order valence-electron chi connectivity index (χ2n) is 2.00. The van der Waals surface area contributed by atoms with Crippen molar-refractivity contribution in [3.63, 3.8) is 0 Å². The van der Waals surface area contributed by atoms with E-state index in [1.807, 2.05) is 0 Å². The lowest BCUT2D eigenvalue weighted by Gasteiger charge is -2.19. The van der Waals surface area contributed by atoms with E-state index < -0.39 is 11.7 Å². The van der Waals surface area contributed by atoms with E-state index in [1.165, 1.54) is 12.3 Å². The first-order valence-electron chi connectivity index (χ1n) is 2.85. The Morgan fingerprint density at radius 3 is 2.36 bits per heavy atom. The summed E-state index contributed by atoms with van der Waals surface area (Å²) in [6.07, 6.45) is -1.22. The summed E-state index contributed by atoms with van der Waals surface area (Å²) in [7, 11) is 0. The number of hydrogen-bond donors (Lipinski definition) is 2. The first kappa shape index (κ1) is 8.13. The lowest BCUT2D eigenvalue weighted by molar-refractivity contribution is -0.0923. The van der Waals surface area contributed by atoms with Crippen molar-refractivity contribution in [1.29, 1.82) is 0 Å². The van der Waals surface area contributed by atoms with Crippen LogP contribution in [0.5, 0.6) is 0 Å². The number of dihydropyridines is 1. The third kappa shape index (κ3) is 1.74. The largest absolute Gasteiger partial charge is 0.416 e. The van der Waals surface area contributed by atoms with E-state index in [9.17, 15) is 13.2 Å². The van der Waals surface area contributed by atoms with E-state index in [0.29, 0.717) is 0 Å². The van der Waals surface area contributed by atoms with Crippen molar-refractivity contribution in [2.75, 3.05) is 0 Å². The number of halogens is 3. The van der Waals surface area contributed by atoms with Gasteiger partial charge in [-0.15, -0.1) is 0 Å². The van der Waals surface area contributed by atoms with Crippen LogP contribution in [-0.4, -0.2) is 6.18 Å². The van der Waals surface area contributed by atoms with Crippen LogP contribution in [-0.2, 0) is 0 Å². The van der Waals surface area contributed by atoms with Crippen molar-refractivity contribution in [3.8, 4) is 0 Å². The molecule has 0 fully saturated rings. The Bertz CT molecular complexity index is 204. The summed E-state index contributed by atoms with van der Waals surface area (Å²) in [5.74, 6) is 0. The first-order chi connectivity index (χ1) is 5.02. The Hall–Kier alpha value is -0.970. The molecule has 1 heterocycles. The summed E-state index contributed by atoms with van der Waals surface area (Å²) in [6, 6.07) is 0. The molecule has 2 nitrogen and oxygen atoms in total. The molecule has 0 amide bonds. The van der Waals surface area contributed by atoms with Gasteiger partial charge in [0, 0.05) is 0 Å². The van der Waals surface area contributed by atoms with Gasteiger partial charge in [0.25, 0.3) is 0 Å². The quantitative estimate of drug-likeness (QED) is 0.560. The minimum absolute atomic E-state index is 0.361. The molecule has 0 aromatic carbocycles. The van der Waals surface area contributed by atoms with E-state index in [-0.39, 0.29) is 6.17 Å². The molecule has 1 rings (SSSR count). The minimum atomic E-state index is -4.37. The van der Waals surface area contributed by atoms with Crippen molar-refractivity contribution in [3.05, 3.63) is 30.1 Å². The number of allylic oxidation sites excluding steroid dienone is 2. The fraction of sp³-hybridized carbons (Fsp3) is 0.167. The number of hydrogen-bond acceptors (Lipinski definition) is 2. The van der Waals surface area contributed by atoms with Crippen LogP contribution in [0.1, 0.15) is 0 Å². The first-order valence-corrected chi connectivity index (χ1v) is 2.85. The molecule has 1 aliphatic heterocycles. The predicted molar refractivity (Wildman–Crippen MR) is 33.8 cm³/mol. The molecule has 11 heavy (non-hydrogen) atoms. The SMILES string of the molecule is N[C]1NC=CC=C1C(F)(F)F. The van der Waals surface area contributed by atoms with Crippen LogP contribution in [0.4, 0.5) is 13.2 Å². The second kappa shape index (κ2) is 2.58. The van der Waals surface area contributed by atoms with Gasteiger partial charge in [-0.05, 0) is 18.4 Å². The monoisotopic (exact) mass is 163 g/mol. The van der Waals surface area contributed by atoms with Crippen LogP contribution in [0.2, 0.25) is 0 Å². The van der Waals surface area contributed by atoms with Gasteiger partial charge in [-0.2, -0.15) is 13.2 Å². The van der Waals surface area contributed by atoms with E-state index >= 15 is 0 Å². The van der Waals surface area contributed by atoms with Gasteiger partial charge in [-0.25, -0.2) is 0 Å². The number of rotatable bonds is 0. The topological polar surface area (TPSA) is 38.0 Å². The predicted octanol–water partition coefficient (Wildman–Crippen LogP) is 1.04. The third-order valence-electron chi connectivity index (χ3n) is 1.19. The summed E-state index contributed by atoms with van der Waals surface area (Å²) in [4.78, 5) is 0. The van der Waals surface area contributed by atoms with Gasteiger partial charge in [0.05, 0.1) is 5.57 Å². The summed E-state index contributed by atoms with van der Waals surface area (Å²) < 4.78 is 35.8. The molecular formula is C6H6F3N2. The standard InChI is InChI=1S/C6H6F3N2/c7-6(8,9)4-2-1-3-11-5(4)10/h1-3,11H,10H2. The molecular weight excluding hydrogens is 157 g/mol. The Morgan fingerprint density at radius 1 is 1.36 bits per heavy atom. The molecule has 0 spiro atoms. The van der Waals surface area contributed by atoms with Gasteiger partial charge >= 0.3 is 6.18 Å². The van der Waals surface area contributed by atoms with Gasteiger partial charge in [0.1, 0.15) is 0 Å². The third-order valence-corrected chi connectivity index (χ3v) is 1.19. The van der Waals surface area contributed by atoms with Gasteiger partial charge in [0.2, 0.25) is 0 Å². The smallest absolute Gasteiger partial charge is 0.366 e. The molecule has 61 valence electrons. The summed E-state index contributed by atoms with van der Waals surface area (Å²) >= 11 is 0. The molecule has 0 aromatic rings. The molecule has 0 aliphatic carbocycles. The fourth-order valence-electron chi connectivity index (χ4n) is 0.697. The van der Waals surface area contributed by atoms with Gasteiger partial charge in [0.15, 0.2) is 6.17 Å². The Labute approximate surface area is 61.6 Å². The molecule has 0 bridgehead atoms. The van der Waals surface area contributed by atoms with Gasteiger partial charge < -0.3 is 11.1 Å². The lowest BCUT2D eigenvalue weighted by atomic mass is 10.1. The van der Waals surface area contributed by atoms with E-state index in [1.54, 1.807) is 0 Å². The second-order valence-corrected chi connectivity index (χ2v) is 2.00. The van der Waals surface area contributed by atoms with Crippen molar-refractivity contribution >= 4 is 0 Å². The average Bonchev–Trinajstić information content (AvgIpc) is 1.86. The van der Waals surface area contributed by atoms with Crippen molar-refractivity contribution < 1.29 is 13.2 Å². The van der Waals surface area contributed by atoms with Crippen molar-refractivity contribution in [1.82, 2.24) is 5.32 Å². The maximum absolute atomic E-state index is 11.9. The molecule has 0 saturated heterocycles. The zero-order chi connectivity index (χ0) is 8.48. The van der Waals surface area contributed by atoms with Crippen LogP contribution in [0.3, 0.4) is 0 Å². The Morgan fingerprint density at radius 2 is 2.00 bits per heavy atom. The Balaban J connectivity index is 2.84. The average molecular weight is 163 g/mol. The molecule has 1 radical (unpaired) electrons. The van der Waals surface area contributed by atoms with Crippen LogP contribution >= 0.6 is 0 Å². The van der Waals surface area contributed by atoms with E-state index in [2.05, 4.69) is 5.32 Å². The molecule has 0 atom stereocenters.